The van der Waals surface area contributed by atoms with Crippen LogP contribution in [0.1, 0.15) is 5.56 Å². The van der Waals surface area contributed by atoms with Crippen LogP contribution in [0.3, 0.4) is 0 Å². The molecule has 2 aromatic rings. The molecule has 2 fully saturated rings. The van der Waals surface area contributed by atoms with Gasteiger partial charge in [-0.25, -0.2) is 9.59 Å². The molecule has 2 N–H and O–H groups in total. The third kappa shape index (κ3) is 8.22. The van der Waals surface area contributed by atoms with E-state index >= 15 is 0 Å². The van der Waals surface area contributed by atoms with E-state index in [0.717, 1.165) is 31.9 Å². The second-order valence-corrected chi connectivity index (χ2v) is 7.81. The Morgan fingerprint density at radius 2 is 1.36 bits per heavy atom. The molecule has 3 heterocycles. The normalized spacial score (nSPS) is 19.5. The number of nitrogens with zero attached hydrogens (tertiary/aromatic N) is 3. The van der Waals surface area contributed by atoms with Crippen molar-refractivity contribution < 1.29 is 50.9 Å². The van der Waals surface area contributed by atoms with Crippen LogP contribution >= 0.6 is 0 Å². The number of carbonyl (C=O) groups excluding carboxylic acids is 1. The first-order chi connectivity index (χ1) is 16.7. The predicted octanol–water partition coefficient (Wildman–Crippen LogP) is 3.44. The number of hydrogen-bond donors (Lipinski definition) is 2. The van der Waals surface area contributed by atoms with Gasteiger partial charge < -0.3 is 15.1 Å². The first kappa shape index (κ1) is 28.6. The van der Waals surface area contributed by atoms with Crippen molar-refractivity contribution >= 4 is 23.5 Å². The fourth-order valence-corrected chi connectivity index (χ4v) is 3.67. The maximum atomic E-state index is 12.7. The number of alkyl halides is 6. The maximum Gasteiger partial charge on any atom is 0.490 e. The summed E-state index contributed by atoms with van der Waals surface area (Å²) >= 11 is 0. The largest absolute Gasteiger partial charge is 0.490 e. The first-order valence-corrected chi connectivity index (χ1v) is 10.3. The van der Waals surface area contributed by atoms with E-state index in [4.69, 9.17) is 19.8 Å². The number of halogens is 6. The minimum absolute atomic E-state index is 0.155. The van der Waals surface area contributed by atoms with Crippen LogP contribution in [0.25, 0.3) is 0 Å². The van der Waals surface area contributed by atoms with Crippen LogP contribution in [0.5, 0.6) is 0 Å². The van der Waals surface area contributed by atoms with Gasteiger partial charge >= 0.3 is 24.3 Å². The Morgan fingerprint density at radius 3 is 1.81 bits per heavy atom. The zero-order valence-electron chi connectivity index (χ0n) is 18.4. The maximum absolute atomic E-state index is 12.7. The third-order valence-electron chi connectivity index (χ3n) is 5.23. The standard InChI is InChI=1S/C18H19N3O.2C2HF3O2/c22-18-17-13-20(10-14-6-8-19-9-7-14)11-15(17)12-21(18)16-4-2-1-3-5-16;2*3-2(4,5)1(6)7/h1-9,15,17H,10-13H2;2*(H,6,7). The molecule has 1 aromatic heterocycles. The second kappa shape index (κ2) is 11.8. The Balaban J connectivity index is 0.000000271. The molecule has 0 aliphatic carbocycles. The van der Waals surface area contributed by atoms with E-state index in [2.05, 4.69) is 9.88 Å². The average molecular weight is 521 g/mol. The van der Waals surface area contributed by atoms with Crippen LogP contribution in [-0.2, 0) is 20.9 Å². The number of aromatic nitrogens is 1. The fraction of sp³-hybridized carbons (Fsp3) is 0.364. The van der Waals surface area contributed by atoms with Crippen molar-refractivity contribution in [1.29, 1.82) is 0 Å². The van der Waals surface area contributed by atoms with Crippen molar-refractivity contribution in [2.45, 2.75) is 18.9 Å². The zero-order valence-corrected chi connectivity index (χ0v) is 18.4. The van der Waals surface area contributed by atoms with Gasteiger partial charge in [0.2, 0.25) is 5.91 Å². The van der Waals surface area contributed by atoms with Gasteiger partial charge in [-0.15, -0.1) is 0 Å². The number of pyridine rings is 1. The van der Waals surface area contributed by atoms with E-state index in [0.29, 0.717) is 5.92 Å². The van der Waals surface area contributed by atoms with E-state index in [1.807, 2.05) is 59.8 Å². The molecular formula is C22H21F6N3O5. The van der Waals surface area contributed by atoms with Gasteiger partial charge in [-0.1, -0.05) is 18.2 Å². The van der Waals surface area contributed by atoms with E-state index < -0.39 is 24.3 Å². The summed E-state index contributed by atoms with van der Waals surface area (Å²) in [6.07, 6.45) is -6.51. The molecule has 2 saturated heterocycles. The van der Waals surface area contributed by atoms with Crippen molar-refractivity contribution in [2.75, 3.05) is 24.5 Å². The molecule has 1 amide bonds. The fourth-order valence-electron chi connectivity index (χ4n) is 3.67. The van der Waals surface area contributed by atoms with Gasteiger partial charge in [0.1, 0.15) is 0 Å². The number of anilines is 1. The number of fused-ring (bicyclic) bond motifs is 1. The van der Waals surface area contributed by atoms with Gasteiger partial charge in [0.05, 0.1) is 5.92 Å². The third-order valence-corrected chi connectivity index (χ3v) is 5.23. The molecule has 0 radical (unpaired) electrons. The highest BCUT2D eigenvalue weighted by molar-refractivity contribution is 5.98. The molecule has 4 rings (SSSR count). The molecule has 2 aliphatic heterocycles. The van der Waals surface area contributed by atoms with Gasteiger partial charge in [-0.3, -0.25) is 14.7 Å². The summed E-state index contributed by atoms with van der Waals surface area (Å²) in [5.74, 6) is -4.62. The lowest BCUT2D eigenvalue weighted by atomic mass is 10.0. The van der Waals surface area contributed by atoms with Crippen LogP contribution in [0.4, 0.5) is 32.0 Å². The van der Waals surface area contributed by atoms with Crippen molar-refractivity contribution in [2.24, 2.45) is 11.8 Å². The van der Waals surface area contributed by atoms with Gasteiger partial charge in [0, 0.05) is 50.2 Å². The molecule has 2 atom stereocenters. The van der Waals surface area contributed by atoms with E-state index in [1.54, 1.807) is 0 Å². The highest BCUT2D eigenvalue weighted by Gasteiger charge is 2.46. The van der Waals surface area contributed by atoms with E-state index in [9.17, 15) is 31.1 Å². The van der Waals surface area contributed by atoms with E-state index in [-0.39, 0.29) is 11.8 Å². The zero-order chi connectivity index (χ0) is 27.1. The monoisotopic (exact) mass is 521 g/mol. The van der Waals surface area contributed by atoms with Crippen LogP contribution in [0, 0.1) is 11.8 Å². The average Bonchev–Trinajstić information content (AvgIpc) is 3.33. The number of aliphatic carboxylic acids is 2. The summed E-state index contributed by atoms with van der Waals surface area (Å²) in [4.78, 5) is 38.9. The molecule has 0 spiro atoms. The topological polar surface area (TPSA) is 111 Å². The van der Waals surface area contributed by atoms with Gasteiger partial charge in [0.15, 0.2) is 0 Å². The summed E-state index contributed by atoms with van der Waals surface area (Å²) in [6, 6.07) is 14.1. The summed E-state index contributed by atoms with van der Waals surface area (Å²) in [7, 11) is 0. The van der Waals surface area contributed by atoms with Crippen molar-refractivity contribution in [3.63, 3.8) is 0 Å². The summed E-state index contributed by atoms with van der Waals surface area (Å²) in [6.45, 7) is 3.63. The Bertz CT molecular complexity index is 1010. The number of para-hydroxylation sites is 1. The predicted molar refractivity (Wildman–Crippen MR) is 113 cm³/mol. The smallest absolute Gasteiger partial charge is 0.475 e. The number of benzene rings is 1. The molecule has 2 unspecified atom stereocenters. The van der Waals surface area contributed by atoms with Gasteiger partial charge in [0.25, 0.3) is 0 Å². The lowest BCUT2D eigenvalue weighted by molar-refractivity contribution is -0.193. The van der Waals surface area contributed by atoms with Crippen molar-refractivity contribution in [3.8, 4) is 0 Å². The van der Waals surface area contributed by atoms with E-state index in [1.165, 1.54) is 5.56 Å². The molecule has 0 bridgehead atoms. The number of carbonyl (C=O) groups is 3. The summed E-state index contributed by atoms with van der Waals surface area (Å²) < 4.78 is 63.5. The second-order valence-electron chi connectivity index (χ2n) is 7.81. The Hall–Kier alpha value is -3.68. The molecule has 1 aromatic carbocycles. The number of amides is 1. The highest BCUT2D eigenvalue weighted by Crippen LogP contribution is 2.35. The quantitative estimate of drug-likeness (QED) is 0.596. The molecule has 0 saturated carbocycles. The molecule has 14 heteroatoms. The first-order valence-electron chi connectivity index (χ1n) is 10.3. The van der Waals surface area contributed by atoms with Crippen LogP contribution in [0.2, 0.25) is 0 Å². The lowest BCUT2D eigenvalue weighted by Crippen LogP contribution is -2.32. The number of likely N-dealkylation sites (tertiary alicyclic amines) is 1. The molecular weight excluding hydrogens is 500 g/mol. The molecule has 8 nitrogen and oxygen atoms in total. The Kier molecular flexibility index (Phi) is 9.39. The summed E-state index contributed by atoms with van der Waals surface area (Å²) in [5, 5.41) is 14.2. The van der Waals surface area contributed by atoms with Gasteiger partial charge in [-0.05, 0) is 29.8 Å². The van der Waals surface area contributed by atoms with Crippen molar-refractivity contribution in [1.82, 2.24) is 9.88 Å². The van der Waals surface area contributed by atoms with Crippen LogP contribution < -0.4 is 4.90 Å². The number of rotatable bonds is 3. The van der Waals surface area contributed by atoms with Gasteiger partial charge in [-0.2, -0.15) is 26.3 Å². The lowest BCUT2D eigenvalue weighted by Gasteiger charge is -2.21. The Labute approximate surface area is 200 Å². The van der Waals surface area contributed by atoms with Crippen LogP contribution in [0.15, 0.2) is 54.9 Å². The minimum atomic E-state index is -5.08. The Morgan fingerprint density at radius 1 is 0.861 bits per heavy atom. The minimum Gasteiger partial charge on any atom is -0.475 e. The molecule has 196 valence electrons. The van der Waals surface area contributed by atoms with Crippen molar-refractivity contribution in [3.05, 3.63) is 60.4 Å². The SMILES string of the molecule is O=C(O)C(F)(F)F.O=C(O)C(F)(F)F.O=C1C2CN(Cc3ccncc3)CC2CN1c1ccccc1. The number of hydrogen-bond acceptors (Lipinski definition) is 5. The van der Waals surface area contributed by atoms with Crippen LogP contribution in [-0.4, -0.2) is 69.9 Å². The highest BCUT2D eigenvalue weighted by atomic mass is 19.4. The number of carboxylic acid groups (broad SMARTS) is 2. The number of carboxylic acids is 2. The summed E-state index contributed by atoms with van der Waals surface area (Å²) in [5.41, 5.74) is 2.30. The molecule has 2 aliphatic rings. The molecule has 36 heavy (non-hydrogen) atoms.